The first-order valence-electron chi connectivity index (χ1n) is 8.02. The number of hydrogen-bond donors (Lipinski definition) is 2. The first-order chi connectivity index (χ1) is 12.2. The molecule has 0 saturated carbocycles. The molecule has 0 saturated heterocycles. The van der Waals surface area contributed by atoms with E-state index in [1.165, 1.54) is 4.90 Å². The van der Waals surface area contributed by atoms with Crippen molar-refractivity contribution in [2.45, 2.75) is 20.8 Å². The number of hydrogen-bond acceptors (Lipinski definition) is 2. The van der Waals surface area contributed by atoms with Crippen LogP contribution in [0.5, 0.6) is 0 Å². The molecule has 0 bridgehead atoms. The molecule has 3 amide bonds. The maximum Gasteiger partial charge on any atom is 0.322 e. The fourth-order valence-corrected chi connectivity index (χ4v) is 2.93. The summed E-state index contributed by atoms with van der Waals surface area (Å²) in [7, 11) is 1.54. The van der Waals surface area contributed by atoms with Crippen LogP contribution in [0.15, 0.2) is 30.3 Å². The van der Waals surface area contributed by atoms with E-state index >= 15 is 0 Å². The Kier molecular flexibility index (Phi) is 6.51. The zero-order valence-corrected chi connectivity index (χ0v) is 16.6. The first-order valence-corrected chi connectivity index (χ1v) is 8.78. The summed E-state index contributed by atoms with van der Waals surface area (Å²) in [6.45, 7) is 5.80. The number of amides is 3. The second-order valence-corrected chi connectivity index (χ2v) is 7.05. The van der Waals surface area contributed by atoms with Crippen molar-refractivity contribution in [1.82, 2.24) is 4.90 Å². The molecule has 5 nitrogen and oxygen atoms in total. The zero-order chi connectivity index (χ0) is 19.4. The molecule has 7 heteroatoms. The maximum atomic E-state index is 12.3. The number of nitrogens with one attached hydrogen (secondary N) is 2. The number of aryl methyl sites for hydroxylation is 3. The Balaban J connectivity index is 1.98. The lowest BCUT2D eigenvalue weighted by Gasteiger charge is -2.19. The van der Waals surface area contributed by atoms with E-state index in [0.29, 0.717) is 15.7 Å². The van der Waals surface area contributed by atoms with Gasteiger partial charge in [0, 0.05) is 18.4 Å². The highest BCUT2D eigenvalue weighted by Gasteiger charge is 2.15. The van der Waals surface area contributed by atoms with Gasteiger partial charge >= 0.3 is 6.03 Å². The maximum absolute atomic E-state index is 12.3. The van der Waals surface area contributed by atoms with Crippen molar-refractivity contribution in [3.8, 4) is 0 Å². The number of rotatable bonds is 4. The highest BCUT2D eigenvalue weighted by atomic mass is 35.5. The highest BCUT2D eigenvalue weighted by Crippen LogP contribution is 2.25. The van der Waals surface area contributed by atoms with Crippen LogP contribution >= 0.6 is 23.2 Å². The number of nitrogens with zero attached hydrogens (tertiary/aromatic N) is 1. The van der Waals surface area contributed by atoms with Crippen molar-refractivity contribution in [3.05, 3.63) is 57.1 Å². The van der Waals surface area contributed by atoms with Crippen molar-refractivity contribution in [1.29, 1.82) is 0 Å². The quantitative estimate of drug-likeness (QED) is 0.765. The van der Waals surface area contributed by atoms with Crippen LogP contribution in [-0.2, 0) is 4.79 Å². The van der Waals surface area contributed by atoms with Crippen LogP contribution in [0.1, 0.15) is 16.7 Å². The van der Waals surface area contributed by atoms with Gasteiger partial charge in [-0.3, -0.25) is 4.79 Å². The Morgan fingerprint density at radius 3 is 2.15 bits per heavy atom. The van der Waals surface area contributed by atoms with Gasteiger partial charge in [-0.25, -0.2) is 4.79 Å². The molecule has 138 valence electrons. The molecule has 0 aliphatic rings. The van der Waals surface area contributed by atoms with Gasteiger partial charge < -0.3 is 15.5 Å². The molecular weight excluding hydrogens is 373 g/mol. The van der Waals surface area contributed by atoms with Crippen LogP contribution in [0.4, 0.5) is 16.2 Å². The molecule has 0 spiro atoms. The zero-order valence-electron chi connectivity index (χ0n) is 15.1. The summed E-state index contributed by atoms with van der Waals surface area (Å²) >= 11 is 11.8. The van der Waals surface area contributed by atoms with Gasteiger partial charge in [0.15, 0.2) is 0 Å². The molecule has 0 radical (unpaired) electrons. The first kappa shape index (κ1) is 20.1. The van der Waals surface area contributed by atoms with Gasteiger partial charge in [-0.2, -0.15) is 0 Å². The van der Waals surface area contributed by atoms with Crippen molar-refractivity contribution >= 4 is 46.5 Å². The third kappa shape index (κ3) is 5.13. The molecule has 26 heavy (non-hydrogen) atoms. The van der Waals surface area contributed by atoms with Gasteiger partial charge in [-0.1, -0.05) is 40.9 Å². The van der Waals surface area contributed by atoms with E-state index in [9.17, 15) is 9.59 Å². The van der Waals surface area contributed by atoms with Gasteiger partial charge in [-0.05, 0) is 50.1 Å². The summed E-state index contributed by atoms with van der Waals surface area (Å²) in [6.07, 6.45) is 0. The van der Waals surface area contributed by atoms with Crippen molar-refractivity contribution in [2.24, 2.45) is 0 Å². The largest absolute Gasteiger partial charge is 0.324 e. The van der Waals surface area contributed by atoms with Crippen molar-refractivity contribution < 1.29 is 9.59 Å². The summed E-state index contributed by atoms with van der Waals surface area (Å²) in [6, 6.07) is 8.37. The number of carbonyl (C=O) groups is 2. The summed E-state index contributed by atoms with van der Waals surface area (Å²) in [5, 5.41) is 6.29. The monoisotopic (exact) mass is 393 g/mol. The molecule has 2 aromatic rings. The Morgan fingerprint density at radius 2 is 1.58 bits per heavy atom. The molecule has 2 aromatic carbocycles. The van der Waals surface area contributed by atoms with Crippen LogP contribution in [-0.4, -0.2) is 30.4 Å². The summed E-state index contributed by atoms with van der Waals surface area (Å²) in [5.74, 6) is -0.271. The average molecular weight is 394 g/mol. The van der Waals surface area contributed by atoms with Crippen LogP contribution in [0, 0.1) is 20.8 Å². The predicted octanol–water partition coefficient (Wildman–Crippen LogP) is 5.02. The number of anilines is 2. The summed E-state index contributed by atoms with van der Waals surface area (Å²) in [4.78, 5) is 25.8. The fourth-order valence-electron chi connectivity index (χ4n) is 2.64. The second-order valence-electron chi connectivity index (χ2n) is 6.24. The Hall–Kier alpha value is -2.24. The third-order valence-electron chi connectivity index (χ3n) is 3.84. The lowest BCUT2D eigenvalue weighted by molar-refractivity contribution is -0.116. The smallest absolute Gasteiger partial charge is 0.322 e. The van der Waals surface area contributed by atoms with E-state index in [1.807, 2.05) is 32.9 Å². The third-order valence-corrected chi connectivity index (χ3v) is 4.58. The van der Waals surface area contributed by atoms with E-state index in [-0.39, 0.29) is 12.5 Å². The Morgan fingerprint density at radius 1 is 0.962 bits per heavy atom. The number of benzene rings is 2. The van der Waals surface area contributed by atoms with Crippen LogP contribution in [0.2, 0.25) is 10.0 Å². The molecule has 0 heterocycles. The minimum Gasteiger partial charge on any atom is -0.324 e. The van der Waals surface area contributed by atoms with Crippen molar-refractivity contribution in [3.63, 3.8) is 0 Å². The normalized spacial score (nSPS) is 10.4. The SMILES string of the molecule is Cc1cc(C)c(NC(=O)CN(C)C(=O)Nc2ccc(Cl)c(Cl)c2)c(C)c1. The average Bonchev–Trinajstić information content (AvgIpc) is 2.54. The molecule has 2 N–H and O–H groups in total. The van der Waals surface area contributed by atoms with Crippen LogP contribution < -0.4 is 10.6 Å². The molecule has 0 atom stereocenters. The van der Waals surface area contributed by atoms with E-state index in [2.05, 4.69) is 10.6 Å². The van der Waals surface area contributed by atoms with Gasteiger partial charge in [0.2, 0.25) is 5.91 Å². The number of carbonyl (C=O) groups excluding carboxylic acids is 2. The van der Waals surface area contributed by atoms with Gasteiger partial charge in [0.25, 0.3) is 0 Å². The Labute approximate surface area is 163 Å². The van der Waals surface area contributed by atoms with E-state index < -0.39 is 6.03 Å². The molecule has 0 aliphatic heterocycles. The molecule has 2 rings (SSSR count). The molecule has 0 aromatic heterocycles. The molecule has 0 fully saturated rings. The second kappa shape index (κ2) is 8.43. The minimum absolute atomic E-state index is 0.0834. The standard InChI is InChI=1S/C19H21Cl2N3O2/c1-11-7-12(2)18(13(3)8-11)23-17(25)10-24(4)19(26)22-14-5-6-15(20)16(21)9-14/h5-9H,10H2,1-4H3,(H,22,26)(H,23,25). The topological polar surface area (TPSA) is 61.4 Å². The number of urea groups is 1. The van der Waals surface area contributed by atoms with E-state index in [1.54, 1.807) is 25.2 Å². The Bertz CT molecular complexity index is 830. The van der Waals surface area contributed by atoms with Crippen molar-refractivity contribution in [2.75, 3.05) is 24.2 Å². The van der Waals surface area contributed by atoms with Gasteiger partial charge in [-0.15, -0.1) is 0 Å². The number of halogens is 2. The van der Waals surface area contributed by atoms with E-state index in [0.717, 1.165) is 22.4 Å². The lowest BCUT2D eigenvalue weighted by Crippen LogP contribution is -2.37. The lowest BCUT2D eigenvalue weighted by atomic mass is 10.1. The molecule has 0 unspecified atom stereocenters. The molecular formula is C19H21Cl2N3O2. The van der Waals surface area contributed by atoms with Crippen LogP contribution in [0.3, 0.4) is 0 Å². The highest BCUT2D eigenvalue weighted by molar-refractivity contribution is 6.42. The minimum atomic E-state index is -0.420. The fraction of sp³-hybridized carbons (Fsp3) is 0.263. The summed E-state index contributed by atoms with van der Waals surface area (Å²) in [5.41, 5.74) is 4.38. The van der Waals surface area contributed by atoms with Crippen LogP contribution in [0.25, 0.3) is 0 Å². The summed E-state index contributed by atoms with van der Waals surface area (Å²) < 4.78 is 0. The van der Waals surface area contributed by atoms with E-state index in [4.69, 9.17) is 23.2 Å². The number of likely N-dealkylation sites (N-methyl/N-ethyl adjacent to an activating group) is 1. The van der Waals surface area contributed by atoms with Gasteiger partial charge in [0.1, 0.15) is 6.54 Å². The van der Waals surface area contributed by atoms with Gasteiger partial charge in [0.05, 0.1) is 10.0 Å². The predicted molar refractivity (Wildman–Crippen MR) is 107 cm³/mol. The molecule has 0 aliphatic carbocycles.